The predicted molar refractivity (Wildman–Crippen MR) is 118 cm³/mol. The van der Waals surface area contributed by atoms with Crippen molar-refractivity contribution in [2.75, 3.05) is 13.2 Å². The number of ether oxygens (including phenoxy) is 1. The molecule has 0 aliphatic carbocycles. The lowest BCUT2D eigenvalue weighted by atomic mass is 9.69. The third-order valence-electron chi connectivity index (χ3n) is 6.70. The molecule has 4 unspecified atom stereocenters. The molecule has 4 atom stereocenters. The summed E-state index contributed by atoms with van der Waals surface area (Å²) in [6.45, 7) is 1.19. The Morgan fingerprint density at radius 1 is 1.22 bits per heavy atom. The SMILES string of the molecule is NC1(c2ccc(Cl)cc2F)C(CC2CCOCC2)NC(C(=O)O)C1c1cccc(Cl)c1F. The number of rotatable bonds is 5. The lowest BCUT2D eigenvalue weighted by Gasteiger charge is -2.39. The van der Waals surface area contributed by atoms with Crippen LogP contribution in [0.2, 0.25) is 10.0 Å². The van der Waals surface area contributed by atoms with E-state index in [1.54, 1.807) is 0 Å². The number of halogens is 4. The van der Waals surface area contributed by atoms with Crippen molar-refractivity contribution in [3.05, 3.63) is 69.2 Å². The van der Waals surface area contributed by atoms with Crippen molar-refractivity contribution in [3.63, 3.8) is 0 Å². The zero-order chi connectivity index (χ0) is 23.0. The molecule has 32 heavy (non-hydrogen) atoms. The van der Waals surface area contributed by atoms with Gasteiger partial charge in [-0.1, -0.05) is 41.4 Å². The Balaban J connectivity index is 1.88. The summed E-state index contributed by atoms with van der Waals surface area (Å²) in [4.78, 5) is 12.3. The molecule has 5 nitrogen and oxygen atoms in total. The van der Waals surface area contributed by atoms with Gasteiger partial charge in [0, 0.05) is 35.8 Å². The number of benzene rings is 2. The number of carboxylic acid groups (broad SMARTS) is 1. The molecule has 2 aromatic carbocycles. The Hall–Kier alpha value is -1.77. The van der Waals surface area contributed by atoms with Gasteiger partial charge in [0.2, 0.25) is 0 Å². The van der Waals surface area contributed by atoms with E-state index in [4.69, 9.17) is 33.7 Å². The highest BCUT2D eigenvalue weighted by Gasteiger charge is 2.58. The van der Waals surface area contributed by atoms with E-state index in [2.05, 4.69) is 5.32 Å². The van der Waals surface area contributed by atoms with Gasteiger partial charge in [-0.2, -0.15) is 0 Å². The van der Waals surface area contributed by atoms with E-state index in [1.165, 1.54) is 30.3 Å². The van der Waals surface area contributed by atoms with Crippen molar-refractivity contribution in [3.8, 4) is 0 Å². The van der Waals surface area contributed by atoms with Crippen LogP contribution < -0.4 is 11.1 Å². The van der Waals surface area contributed by atoms with Gasteiger partial charge >= 0.3 is 5.97 Å². The second kappa shape index (κ2) is 9.23. The van der Waals surface area contributed by atoms with E-state index in [1.807, 2.05) is 0 Å². The van der Waals surface area contributed by atoms with Gasteiger partial charge in [0.15, 0.2) is 0 Å². The molecule has 172 valence electrons. The summed E-state index contributed by atoms with van der Waals surface area (Å²) in [6, 6.07) is 6.57. The van der Waals surface area contributed by atoms with Crippen LogP contribution in [-0.2, 0) is 15.1 Å². The van der Waals surface area contributed by atoms with Crippen LogP contribution in [0.15, 0.2) is 36.4 Å². The molecular weight excluding hydrogens is 461 g/mol. The molecule has 0 spiro atoms. The van der Waals surface area contributed by atoms with Crippen molar-refractivity contribution in [2.24, 2.45) is 11.7 Å². The molecule has 2 aromatic rings. The first-order chi connectivity index (χ1) is 15.2. The van der Waals surface area contributed by atoms with Crippen molar-refractivity contribution in [1.82, 2.24) is 5.32 Å². The molecule has 2 heterocycles. The largest absolute Gasteiger partial charge is 0.480 e. The minimum absolute atomic E-state index is 0.0312. The molecule has 2 saturated heterocycles. The second-order valence-electron chi connectivity index (χ2n) is 8.50. The van der Waals surface area contributed by atoms with E-state index in [9.17, 15) is 9.90 Å². The summed E-state index contributed by atoms with van der Waals surface area (Å²) in [6.07, 6.45) is 2.06. The number of carboxylic acids is 1. The minimum Gasteiger partial charge on any atom is -0.480 e. The third kappa shape index (κ3) is 4.13. The van der Waals surface area contributed by atoms with Gasteiger partial charge in [0.1, 0.15) is 17.7 Å². The summed E-state index contributed by atoms with van der Waals surface area (Å²) in [5.41, 5.74) is 5.51. The molecule has 9 heteroatoms. The quantitative estimate of drug-likeness (QED) is 0.583. The van der Waals surface area contributed by atoms with Gasteiger partial charge in [-0.05, 0) is 48.9 Å². The first-order valence-electron chi connectivity index (χ1n) is 10.5. The standard InChI is InChI=1S/C23H24Cl2F2N2O3/c24-13-4-5-15(17(26)11-13)23(28)18(10-12-6-8-32-9-7-12)29-21(22(30)31)19(23)14-2-1-3-16(25)20(14)27/h1-5,11-12,18-19,21,29H,6-10,28H2,(H,30,31). The van der Waals surface area contributed by atoms with E-state index in [0.29, 0.717) is 19.6 Å². The number of aliphatic carboxylic acids is 1. The number of carbonyl (C=O) groups is 1. The zero-order valence-corrected chi connectivity index (χ0v) is 18.7. The van der Waals surface area contributed by atoms with E-state index in [0.717, 1.165) is 18.9 Å². The van der Waals surface area contributed by atoms with Crippen LogP contribution in [0, 0.1) is 17.6 Å². The van der Waals surface area contributed by atoms with Gasteiger partial charge in [-0.25, -0.2) is 8.78 Å². The van der Waals surface area contributed by atoms with Gasteiger partial charge in [-0.15, -0.1) is 0 Å². The Bertz CT molecular complexity index is 1020. The highest BCUT2D eigenvalue weighted by molar-refractivity contribution is 6.31. The molecule has 0 saturated carbocycles. The second-order valence-corrected chi connectivity index (χ2v) is 9.35. The minimum atomic E-state index is -1.57. The summed E-state index contributed by atoms with van der Waals surface area (Å²) < 4.78 is 35.8. The van der Waals surface area contributed by atoms with Crippen LogP contribution in [0.3, 0.4) is 0 Å². The van der Waals surface area contributed by atoms with Crippen LogP contribution >= 0.6 is 23.2 Å². The van der Waals surface area contributed by atoms with Gasteiger partial charge < -0.3 is 15.6 Å². The van der Waals surface area contributed by atoms with Crippen LogP contribution in [0.5, 0.6) is 0 Å². The Morgan fingerprint density at radius 2 is 1.94 bits per heavy atom. The third-order valence-corrected chi connectivity index (χ3v) is 7.22. The Labute approximate surface area is 194 Å². The molecule has 2 aliphatic heterocycles. The van der Waals surface area contributed by atoms with Crippen LogP contribution in [0.1, 0.15) is 36.3 Å². The molecule has 2 aliphatic rings. The normalized spacial score (nSPS) is 28.7. The summed E-state index contributed by atoms with van der Waals surface area (Å²) in [5.74, 6) is -3.54. The average Bonchev–Trinajstić information content (AvgIpc) is 3.04. The summed E-state index contributed by atoms with van der Waals surface area (Å²) >= 11 is 12.0. The molecule has 4 N–H and O–H groups in total. The molecular formula is C23H24Cl2F2N2O3. The first-order valence-corrected chi connectivity index (χ1v) is 11.2. The van der Waals surface area contributed by atoms with Crippen LogP contribution in [0.25, 0.3) is 0 Å². The van der Waals surface area contributed by atoms with Crippen molar-refractivity contribution < 1.29 is 23.4 Å². The maximum atomic E-state index is 15.2. The summed E-state index contributed by atoms with van der Waals surface area (Å²) in [7, 11) is 0. The zero-order valence-electron chi connectivity index (χ0n) is 17.2. The van der Waals surface area contributed by atoms with Crippen molar-refractivity contribution in [2.45, 2.75) is 42.8 Å². The van der Waals surface area contributed by atoms with Crippen molar-refractivity contribution in [1.29, 1.82) is 0 Å². The fraction of sp³-hybridized carbons (Fsp3) is 0.435. The Morgan fingerprint density at radius 3 is 2.59 bits per heavy atom. The molecule has 2 fully saturated rings. The number of hydrogen-bond acceptors (Lipinski definition) is 4. The number of nitrogens with two attached hydrogens (primary N) is 1. The molecule has 0 aromatic heterocycles. The van der Waals surface area contributed by atoms with Crippen LogP contribution in [-0.4, -0.2) is 36.4 Å². The van der Waals surface area contributed by atoms with E-state index < -0.39 is 41.1 Å². The smallest absolute Gasteiger partial charge is 0.321 e. The highest BCUT2D eigenvalue weighted by atomic mass is 35.5. The summed E-state index contributed by atoms with van der Waals surface area (Å²) in [5, 5.41) is 13.1. The average molecular weight is 485 g/mol. The maximum absolute atomic E-state index is 15.2. The fourth-order valence-corrected chi connectivity index (χ4v) is 5.47. The predicted octanol–water partition coefficient (Wildman–Crippen LogP) is 4.45. The fourth-order valence-electron chi connectivity index (χ4n) is 5.13. The topological polar surface area (TPSA) is 84.6 Å². The van der Waals surface area contributed by atoms with Gasteiger partial charge in [0.25, 0.3) is 0 Å². The molecule has 0 amide bonds. The highest BCUT2D eigenvalue weighted by Crippen LogP contribution is 2.49. The van der Waals surface area contributed by atoms with E-state index in [-0.39, 0.29) is 27.1 Å². The first kappa shape index (κ1) is 23.4. The van der Waals surface area contributed by atoms with Gasteiger partial charge in [0.05, 0.1) is 10.6 Å². The lowest BCUT2D eigenvalue weighted by molar-refractivity contribution is -0.139. The van der Waals surface area contributed by atoms with Gasteiger partial charge in [-0.3, -0.25) is 10.1 Å². The Kier molecular flexibility index (Phi) is 6.75. The monoisotopic (exact) mass is 484 g/mol. The number of hydrogen-bond donors (Lipinski definition) is 3. The van der Waals surface area contributed by atoms with Crippen molar-refractivity contribution >= 4 is 29.2 Å². The van der Waals surface area contributed by atoms with E-state index >= 15 is 8.78 Å². The maximum Gasteiger partial charge on any atom is 0.321 e. The molecule has 4 rings (SSSR count). The molecule has 0 radical (unpaired) electrons. The van der Waals surface area contributed by atoms with Crippen LogP contribution in [0.4, 0.5) is 8.78 Å². The lowest BCUT2D eigenvalue weighted by Crippen LogP contribution is -2.52. The number of nitrogens with one attached hydrogen (secondary N) is 1. The molecule has 0 bridgehead atoms.